The Hall–Kier alpha value is -2.64. The van der Waals surface area contributed by atoms with Crippen LogP contribution >= 0.6 is 11.3 Å². The van der Waals surface area contributed by atoms with Crippen LogP contribution in [0.25, 0.3) is 10.1 Å². The Morgan fingerprint density at radius 3 is 2.82 bits per heavy atom. The zero-order valence-electron chi connectivity index (χ0n) is 15.9. The quantitative estimate of drug-likeness (QED) is 0.695. The fourth-order valence-electron chi connectivity index (χ4n) is 3.57. The molecule has 2 N–H and O–H groups in total. The van der Waals surface area contributed by atoms with Gasteiger partial charge in [-0.05, 0) is 31.2 Å². The standard InChI is InChI=1S/C21H24N4O2S/c1-2-24-10-4-5-15(21(24)27)14-23-20(26)19-13-16-17(6-3-7-18(16)28-19)25-11-8-22-9-12-25/h3-7,10,13,22H,2,8-9,11-12,14H2,1H3,(H,23,26). The Kier molecular flexibility index (Phi) is 5.45. The monoisotopic (exact) mass is 396 g/mol. The van der Waals surface area contributed by atoms with Crippen molar-refractivity contribution in [1.29, 1.82) is 0 Å². The zero-order valence-corrected chi connectivity index (χ0v) is 16.7. The second-order valence-electron chi connectivity index (χ2n) is 6.84. The highest BCUT2D eigenvalue weighted by Crippen LogP contribution is 2.33. The van der Waals surface area contributed by atoms with Crippen LogP contribution in [-0.2, 0) is 13.1 Å². The van der Waals surface area contributed by atoms with Gasteiger partial charge in [0.25, 0.3) is 11.5 Å². The number of carbonyl (C=O) groups excluding carboxylic acids is 1. The van der Waals surface area contributed by atoms with Crippen LogP contribution in [0.15, 0.2) is 47.4 Å². The number of rotatable bonds is 5. The first-order valence-corrected chi connectivity index (χ1v) is 10.4. The second-order valence-corrected chi connectivity index (χ2v) is 7.93. The molecule has 1 saturated heterocycles. The minimum absolute atomic E-state index is 0.0531. The lowest BCUT2D eigenvalue weighted by atomic mass is 10.1. The van der Waals surface area contributed by atoms with Crippen LogP contribution in [0.2, 0.25) is 0 Å². The molecule has 1 aliphatic heterocycles. The van der Waals surface area contributed by atoms with Crippen LogP contribution in [-0.4, -0.2) is 36.7 Å². The van der Waals surface area contributed by atoms with Gasteiger partial charge in [0.2, 0.25) is 0 Å². The van der Waals surface area contributed by atoms with E-state index < -0.39 is 0 Å². The van der Waals surface area contributed by atoms with Crippen LogP contribution in [0.4, 0.5) is 5.69 Å². The van der Waals surface area contributed by atoms with E-state index in [4.69, 9.17) is 0 Å². The third-order valence-electron chi connectivity index (χ3n) is 5.10. The van der Waals surface area contributed by atoms with Crippen molar-refractivity contribution in [1.82, 2.24) is 15.2 Å². The molecule has 2 aromatic heterocycles. The molecule has 0 aliphatic carbocycles. The van der Waals surface area contributed by atoms with Crippen LogP contribution in [0.5, 0.6) is 0 Å². The molecule has 0 saturated carbocycles. The van der Waals surface area contributed by atoms with E-state index >= 15 is 0 Å². The van der Waals surface area contributed by atoms with E-state index in [9.17, 15) is 9.59 Å². The van der Waals surface area contributed by atoms with E-state index in [-0.39, 0.29) is 18.0 Å². The number of carbonyl (C=O) groups is 1. The van der Waals surface area contributed by atoms with Crippen molar-refractivity contribution in [3.8, 4) is 0 Å². The zero-order chi connectivity index (χ0) is 19.5. The average Bonchev–Trinajstić information content (AvgIpc) is 3.18. The lowest BCUT2D eigenvalue weighted by Gasteiger charge is -2.30. The van der Waals surface area contributed by atoms with E-state index in [0.717, 1.165) is 36.3 Å². The molecule has 7 heteroatoms. The number of piperazine rings is 1. The van der Waals surface area contributed by atoms with Gasteiger partial charge < -0.3 is 20.1 Å². The number of pyridine rings is 1. The summed E-state index contributed by atoms with van der Waals surface area (Å²) < 4.78 is 2.75. The Bertz CT molecular complexity index is 1050. The fourth-order valence-corrected chi connectivity index (χ4v) is 4.57. The summed E-state index contributed by atoms with van der Waals surface area (Å²) in [5.41, 5.74) is 1.73. The summed E-state index contributed by atoms with van der Waals surface area (Å²) in [5, 5.41) is 7.39. The molecule has 1 amide bonds. The lowest BCUT2D eigenvalue weighted by Crippen LogP contribution is -2.43. The first-order chi connectivity index (χ1) is 13.7. The summed E-state index contributed by atoms with van der Waals surface area (Å²) in [6.07, 6.45) is 1.76. The maximum absolute atomic E-state index is 12.7. The van der Waals surface area contributed by atoms with Crippen LogP contribution in [0.3, 0.4) is 0 Å². The normalized spacial score (nSPS) is 14.4. The van der Waals surface area contributed by atoms with Gasteiger partial charge in [0.1, 0.15) is 0 Å². The molecule has 3 heterocycles. The number of thiophene rings is 1. The Morgan fingerprint density at radius 2 is 2.04 bits per heavy atom. The smallest absolute Gasteiger partial charge is 0.261 e. The third-order valence-corrected chi connectivity index (χ3v) is 6.20. The van der Waals surface area contributed by atoms with Crippen molar-refractivity contribution < 1.29 is 4.79 Å². The molecule has 1 fully saturated rings. The largest absolute Gasteiger partial charge is 0.368 e. The highest BCUT2D eigenvalue weighted by atomic mass is 32.1. The van der Waals surface area contributed by atoms with Gasteiger partial charge in [0.15, 0.2) is 0 Å². The number of aryl methyl sites for hydroxylation is 1. The molecule has 1 aromatic carbocycles. The van der Waals surface area contributed by atoms with E-state index in [1.807, 2.05) is 19.1 Å². The molecule has 0 bridgehead atoms. The van der Waals surface area contributed by atoms with Gasteiger partial charge >= 0.3 is 0 Å². The number of hydrogen-bond donors (Lipinski definition) is 2. The number of amides is 1. The van der Waals surface area contributed by atoms with E-state index in [1.165, 1.54) is 17.0 Å². The van der Waals surface area contributed by atoms with Crippen LogP contribution in [0.1, 0.15) is 22.2 Å². The van der Waals surface area contributed by atoms with E-state index in [1.54, 1.807) is 16.8 Å². The number of nitrogens with zero attached hydrogens (tertiary/aromatic N) is 2. The van der Waals surface area contributed by atoms with E-state index in [2.05, 4.69) is 33.7 Å². The van der Waals surface area contributed by atoms with Gasteiger partial charge in [-0.3, -0.25) is 9.59 Å². The predicted molar refractivity (Wildman–Crippen MR) is 114 cm³/mol. The third kappa shape index (κ3) is 3.68. The highest BCUT2D eigenvalue weighted by molar-refractivity contribution is 7.20. The molecule has 0 atom stereocenters. The first-order valence-electron chi connectivity index (χ1n) is 9.62. The molecule has 0 radical (unpaired) electrons. The van der Waals surface area contributed by atoms with Crippen molar-refractivity contribution in [2.45, 2.75) is 20.0 Å². The summed E-state index contributed by atoms with van der Waals surface area (Å²) >= 11 is 1.49. The Labute approximate surface area is 167 Å². The van der Waals surface area contributed by atoms with Gasteiger partial charge in [-0.1, -0.05) is 12.1 Å². The van der Waals surface area contributed by atoms with Gasteiger partial charge in [-0.15, -0.1) is 11.3 Å². The average molecular weight is 397 g/mol. The summed E-state index contributed by atoms with van der Waals surface area (Å²) in [5.74, 6) is -0.140. The minimum atomic E-state index is -0.140. The topological polar surface area (TPSA) is 66.4 Å². The molecule has 0 unspecified atom stereocenters. The molecular weight excluding hydrogens is 372 g/mol. The van der Waals surface area contributed by atoms with Crippen molar-refractivity contribution in [3.63, 3.8) is 0 Å². The number of benzene rings is 1. The Morgan fingerprint density at radius 1 is 1.21 bits per heavy atom. The molecule has 0 spiro atoms. The Balaban J connectivity index is 1.54. The number of fused-ring (bicyclic) bond motifs is 1. The maximum atomic E-state index is 12.7. The number of hydrogen-bond acceptors (Lipinski definition) is 5. The molecule has 1 aliphatic rings. The summed E-state index contributed by atoms with van der Waals surface area (Å²) in [6.45, 7) is 6.66. The summed E-state index contributed by atoms with van der Waals surface area (Å²) in [4.78, 5) is 28.1. The first kappa shape index (κ1) is 18.7. The second kappa shape index (κ2) is 8.16. The predicted octanol–water partition coefficient (Wildman–Crippen LogP) is 2.42. The summed E-state index contributed by atoms with van der Waals surface area (Å²) in [7, 11) is 0. The number of nitrogens with one attached hydrogen (secondary N) is 2. The number of aromatic nitrogens is 1. The molecule has 3 aromatic rings. The molecular formula is C21H24N4O2S. The summed E-state index contributed by atoms with van der Waals surface area (Å²) in [6, 6.07) is 11.8. The van der Waals surface area contributed by atoms with Gasteiger partial charge in [-0.2, -0.15) is 0 Å². The van der Waals surface area contributed by atoms with Crippen LogP contribution in [0, 0.1) is 0 Å². The molecule has 6 nitrogen and oxygen atoms in total. The van der Waals surface area contributed by atoms with Crippen molar-refractivity contribution >= 4 is 33.0 Å². The maximum Gasteiger partial charge on any atom is 0.261 e. The molecule has 146 valence electrons. The molecule has 4 rings (SSSR count). The van der Waals surface area contributed by atoms with Gasteiger partial charge in [0.05, 0.1) is 4.88 Å². The van der Waals surface area contributed by atoms with E-state index in [0.29, 0.717) is 17.0 Å². The lowest BCUT2D eigenvalue weighted by molar-refractivity contribution is 0.0955. The van der Waals surface area contributed by atoms with Gasteiger partial charge in [0, 0.05) is 66.8 Å². The number of anilines is 1. The van der Waals surface area contributed by atoms with Crippen molar-refractivity contribution in [2.24, 2.45) is 0 Å². The minimum Gasteiger partial charge on any atom is -0.368 e. The highest BCUT2D eigenvalue weighted by Gasteiger charge is 2.17. The SMILES string of the molecule is CCn1cccc(CNC(=O)c2cc3c(N4CCNCC4)cccc3s2)c1=O. The van der Waals surface area contributed by atoms with Crippen LogP contribution < -0.4 is 21.1 Å². The fraction of sp³-hybridized carbons (Fsp3) is 0.333. The van der Waals surface area contributed by atoms with Crippen molar-refractivity contribution in [3.05, 3.63) is 63.4 Å². The molecule has 28 heavy (non-hydrogen) atoms. The van der Waals surface area contributed by atoms with Crippen molar-refractivity contribution in [2.75, 3.05) is 31.1 Å². The van der Waals surface area contributed by atoms with Gasteiger partial charge in [-0.25, -0.2) is 0 Å².